The molecular weight excluding hydrogens is 262 g/mol. The molecule has 0 amide bonds. The average molecular weight is 285 g/mol. The van der Waals surface area contributed by atoms with Crippen molar-refractivity contribution in [3.05, 3.63) is 59.4 Å². The van der Waals surface area contributed by atoms with Crippen LogP contribution in [0.25, 0.3) is 0 Å². The quantitative estimate of drug-likeness (QED) is 0.573. The van der Waals surface area contributed by atoms with Gasteiger partial charge >= 0.3 is 5.97 Å². The Morgan fingerprint density at radius 2 is 1.90 bits per heavy atom. The zero-order valence-corrected chi connectivity index (χ0v) is 12.6. The van der Waals surface area contributed by atoms with E-state index in [4.69, 9.17) is 4.74 Å². The zero-order valence-electron chi connectivity index (χ0n) is 12.6. The van der Waals surface area contributed by atoms with Crippen molar-refractivity contribution in [2.75, 3.05) is 0 Å². The normalized spacial score (nSPS) is 10.5. The van der Waals surface area contributed by atoms with Crippen molar-refractivity contribution >= 4 is 5.97 Å². The summed E-state index contributed by atoms with van der Waals surface area (Å²) in [7, 11) is 0. The molecule has 0 unspecified atom stereocenters. The van der Waals surface area contributed by atoms with E-state index in [0.717, 1.165) is 24.0 Å². The van der Waals surface area contributed by atoms with E-state index in [0.29, 0.717) is 12.3 Å². The lowest BCUT2D eigenvalue weighted by Gasteiger charge is -2.06. The van der Waals surface area contributed by atoms with Gasteiger partial charge in [0.1, 0.15) is 12.3 Å². The monoisotopic (exact) mass is 285 g/mol. The second-order valence-electron chi connectivity index (χ2n) is 5.25. The van der Waals surface area contributed by atoms with Gasteiger partial charge in [-0.25, -0.2) is 4.79 Å². The van der Waals surface area contributed by atoms with Crippen molar-refractivity contribution < 1.29 is 9.53 Å². The van der Waals surface area contributed by atoms with Crippen LogP contribution in [0.5, 0.6) is 0 Å². The first-order valence-corrected chi connectivity index (χ1v) is 7.68. The van der Waals surface area contributed by atoms with E-state index in [-0.39, 0.29) is 5.97 Å². The van der Waals surface area contributed by atoms with Crippen molar-refractivity contribution in [2.24, 2.45) is 0 Å². The van der Waals surface area contributed by atoms with Gasteiger partial charge in [0.2, 0.25) is 0 Å². The number of carbonyl (C=O) groups excluding carboxylic acids is 1. The molecule has 0 saturated heterocycles. The van der Waals surface area contributed by atoms with Gasteiger partial charge in [0.15, 0.2) is 0 Å². The second kappa shape index (κ2) is 8.30. The fourth-order valence-electron chi connectivity index (χ4n) is 2.34. The molecule has 1 N–H and O–H groups in total. The minimum absolute atomic E-state index is 0.269. The maximum Gasteiger partial charge on any atom is 0.355 e. The minimum atomic E-state index is -0.269. The summed E-state index contributed by atoms with van der Waals surface area (Å²) >= 11 is 0. The van der Waals surface area contributed by atoms with E-state index in [1.807, 2.05) is 42.6 Å². The molecule has 112 valence electrons. The van der Waals surface area contributed by atoms with Crippen molar-refractivity contribution in [1.82, 2.24) is 4.98 Å². The molecule has 0 spiro atoms. The first kappa shape index (κ1) is 15.4. The molecule has 1 heterocycles. The summed E-state index contributed by atoms with van der Waals surface area (Å²) in [6.45, 7) is 2.51. The number of hydrogen-bond donors (Lipinski definition) is 1. The number of ether oxygens (including phenoxy) is 1. The molecule has 0 aliphatic heterocycles. The third kappa shape index (κ3) is 4.78. The van der Waals surface area contributed by atoms with Gasteiger partial charge in [0.05, 0.1) is 0 Å². The lowest BCUT2D eigenvalue weighted by atomic mass is 10.1. The number of nitrogens with one attached hydrogen (secondary N) is 1. The van der Waals surface area contributed by atoms with Gasteiger partial charge in [-0.3, -0.25) is 0 Å². The van der Waals surface area contributed by atoms with Crippen LogP contribution in [0.2, 0.25) is 0 Å². The van der Waals surface area contributed by atoms with Crippen molar-refractivity contribution in [3.8, 4) is 0 Å². The molecule has 21 heavy (non-hydrogen) atoms. The van der Waals surface area contributed by atoms with Gasteiger partial charge in [-0.15, -0.1) is 0 Å². The Morgan fingerprint density at radius 1 is 1.10 bits per heavy atom. The van der Waals surface area contributed by atoms with Gasteiger partial charge < -0.3 is 9.72 Å². The first-order chi connectivity index (χ1) is 10.3. The third-order valence-corrected chi connectivity index (χ3v) is 3.55. The largest absolute Gasteiger partial charge is 0.456 e. The summed E-state index contributed by atoms with van der Waals surface area (Å²) in [5, 5.41) is 0. The predicted molar refractivity (Wildman–Crippen MR) is 84.2 cm³/mol. The standard InChI is InChI=1S/C18H23NO2/c1-2-3-4-8-11-16-12-13-19-17(16)18(20)21-14-15-9-6-5-7-10-15/h5-7,9-10,12-13,19H,2-4,8,11,14H2,1H3. The van der Waals surface area contributed by atoms with E-state index in [9.17, 15) is 4.79 Å². The third-order valence-electron chi connectivity index (χ3n) is 3.55. The summed E-state index contributed by atoms with van der Waals surface area (Å²) in [6, 6.07) is 11.7. The van der Waals surface area contributed by atoms with E-state index < -0.39 is 0 Å². The Kier molecular flexibility index (Phi) is 6.07. The number of esters is 1. The SMILES string of the molecule is CCCCCCc1cc[nH]c1C(=O)OCc1ccccc1. The Morgan fingerprint density at radius 3 is 2.67 bits per heavy atom. The molecule has 0 bridgehead atoms. The van der Waals surface area contributed by atoms with Crippen LogP contribution < -0.4 is 0 Å². The fraction of sp³-hybridized carbons (Fsp3) is 0.389. The Hall–Kier alpha value is -2.03. The van der Waals surface area contributed by atoms with Gasteiger partial charge in [-0.05, 0) is 30.0 Å². The molecule has 2 rings (SSSR count). The molecule has 0 radical (unpaired) electrons. The number of benzene rings is 1. The number of aromatic nitrogens is 1. The Labute approximate surface area is 126 Å². The fourth-order valence-corrected chi connectivity index (χ4v) is 2.34. The summed E-state index contributed by atoms with van der Waals surface area (Å²) < 4.78 is 5.37. The number of unbranched alkanes of at least 4 members (excludes halogenated alkanes) is 3. The number of aromatic amines is 1. The first-order valence-electron chi connectivity index (χ1n) is 7.68. The molecule has 3 heteroatoms. The van der Waals surface area contributed by atoms with Crippen LogP contribution in [-0.4, -0.2) is 11.0 Å². The number of hydrogen-bond acceptors (Lipinski definition) is 2. The number of carbonyl (C=O) groups is 1. The maximum atomic E-state index is 12.1. The van der Waals surface area contributed by atoms with Crippen LogP contribution in [-0.2, 0) is 17.8 Å². The lowest BCUT2D eigenvalue weighted by molar-refractivity contribution is 0.0465. The van der Waals surface area contributed by atoms with Crippen LogP contribution in [0, 0.1) is 0 Å². The van der Waals surface area contributed by atoms with Gasteiger partial charge in [-0.1, -0.05) is 56.5 Å². The molecule has 0 aliphatic carbocycles. The van der Waals surface area contributed by atoms with Crippen LogP contribution in [0.15, 0.2) is 42.6 Å². The van der Waals surface area contributed by atoms with E-state index in [1.165, 1.54) is 19.3 Å². The molecule has 0 fully saturated rings. The summed E-state index contributed by atoms with van der Waals surface area (Å²) in [5.74, 6) is -0.269. The van der Waals surface area contributed by atoms with Crippen molar-refractivity contribution in [3.63, 3.8) is 0 Å². The van der Waals surface area contributed by atoms with Gasteiger partial charge in [-0.2, -0.15) is 0 Å². The summed E-state index contributed by atoms with van der Waals surface area (Å²) in [5.41, 5.74) is 2.66. The molecular formula is C18H23NO2. The molecule has 1 aromatic carbocycles. The van der Waals surface area contributed by atoms with Crippen LogP contribution in [0.1, 0.15) is 54.2 Å². The van der Waals surface area contributed by atoms with Crippen LogP contribution in [0.3, 0.4) is 0 Å². The average Bonchev–Trinajstić information content (AvgIpc) is 2.99. The summed E-state index contributed by atoms with van der Waals surface area (Å²) in [6.07, 6.45) is 7.54. The highest BCUT2D eigenvalue weighted by molar-refractivity contribution is 5.89. The molecule has 1 aromatic heterocycles. The molecule has 3 nitrogen and oxygen atoms in total. The van der Waals surface area contributed by atoms with E-state index in [1.54, 1.807) is 0 Å². The van der Waals surface area contributed by atoms with Crippen LogP contribution >= 0.6 is 0 Å². The maximum absolute atomic E-state index is 12.1. The smallest absolute Gasteiger partial charge is 0.355 e. The highest BCUT2D eigenvalue weighted by atomic mass is 16.5. The molecule has 0 saturated carbocycles. The number of aryl methyl sites for hydroxylation is 1. The number of rotatable bonds is 8. The Bertz CT molecular complexity index is 545. The van der Waals surface area contributed by atoms with Gasteiger partial charge in [0.25, 0.3) is 0 Å². The van der Waals surface area contributed by atoms with Gasteiger partial charge in [0, 0.05) is 6.20 Å². The molecule has 2 aromatic rings. The van der Waals surface area contributed by atoms with Crippen molar-refractivity contribution in [1.29, 1.82) is 0 Å². The lowest BCUT2D eigenvalue weighted by Crippen LogP contribution is -2.08. The topological polar surface area (TPSA) is 42.1 Å². The van der Waals surface area contributed by atoms with Crippen molar-refractivity contribution in [2.45, 2.75) is 45.6 Å². The van der Waals surface area contributed by atoms with E-state index in [2.05, 4.69) is 11.9 Å². The molecule has 0 aliphatic rings. The number of H-pyrrole nitrogens is 1. The highest BCUT2D eigenvalue weighted by Gasteiger charge is 2.13. The summed E-state index contributed by atoms with van der Waals surface area (Å²) in [4.78, 5) is 15.1. The highest BCUT2D eigenvalue weighted by Crippen LogP contribution is 2.14. The van der Waals surface area contributed by atoms with Crippen LogP contribution in [0.4, 0.5) is 0 Å². The molecule has 0 atom stereocenters. The predicted octanol–water partition coefficient (Wildman–Crippen LogP) is 4.49. The second-order valence-corrected chi connectivity index (χ2v) is 5.25. The Balaban J connectivity index is 1.86. The zero-order chi connectivity index (χ0) is 14.9. The minimum Gasteiger partial charge on any atom is -0.456 e. The van der Waals surface area contributed by atoms with E-state index >= 15 is 0 Å².